The summed E-state index contributed by atoms with van der Waals surface area (Å²) in [6, 6.07) is 3.11. The Kier molecular flexibility index (Phi) is 4.70. The van der Waals surface area contributed by atoms with E-state index in [-0.39, 0.29) is 36.8 Å². The molecule has 0 bridgehead atoms. The molecule has 0 spiro atoms. The largest absolute Gasteiger partial charge is 0.396 e. The van der Waals surface area contributed by atoms with Crippen molar-refractivity contribution in [2.75, 3.05) is 19.7 Å². The molecule has 1 aliphatic heterocycles. The number of amides is 2. The van der Waals surface area contributed by atoms with Crippen molar-refractivity contribution in [3.63, 3.8) is 0 Å². The third-order valence-corrected chi connectivity index (χ3v) is 3.87. The van der Waals surface area contributed by atoms with Crippen molar-refractivity contribution in [2.45, 2.75) is 13.0 Å². The molecule has 0 saturated carbocycles. The van der Waals surface area contributed by atoms with Gasteiger partial charge in [-0.25, -0.2) is 13.6 Å². The van der Waals surface area contributed by atoms with Crippen molar-refractivity contribution < 1.29 is 23.2 Å². The molecule has 1 aromatic carbocycles. The number of hydrogen-bond donors (Lipinski definition) is 2. The number of nitrogens with one attached hydrogen (secondary N) is 1. The van der Waals surface area contributed by atoms with E-state index in [4.69, 9.17) is 9.63 Å². The molecule has 2 heterocycles. The third-order valence-electron chi connectivity index (χ3n) is 3.87. The van der Waals surface area contributed by atoms with Crippen LogP contribution >= 0.6 is 0 Å². The van der Waals surface area contributed by atoms with Crippen LogP contribution in [0.5, 0.6) is 0 Å². The van der Waals surface area contributed by atoms with Crippen LogP contribution in [0.1, 0.15) is 12.2 Å². The summed E-state index contributed by atoms with van der Waals surface area (Å²) in [5, 5.41) is 15.3. The van der Waals surface area contributed by atoms with E-state index in [1.54, 1.807) is 4.90 Å². The fourth-order valence-electron chi connectivity index (χ4n) is 2.56. The average Bonchev–Trinajstić information content (AvgIpc) is 3.22. The van der Waals surface area contributed by atoms with Gasteiger partial charge in [0, 0.05) is 25.6 Å². The zero-order valence-electron chi connectivity index (χ0n) is 12.7. The van der Waals surface area contributed by atoms with Gasteiger partial charge in [0.1, 0.15) is 17.2 Å². The summed E-state index contributed by atoms with van der Waals surface area (Å²) in [7, 11) is 0. The molecule has 0 aliphatic carbocycles. The number of hydrogen-bond acceptors (Lipinski definition) is 5. The predicted octanol–water partition coefficient (Wildman–Crippen LogP) is 1.54. The van der Waals surface area contributed by atoms with Crippen molar-refractivity contribution in [1.82, 2.24) is 20.4 Å². The minimum absolute atomic E-state index is 0.0291. The van der Waals surface area contributed by atoms with E-state index >= 15 is 0 Å². The van der Waals surface area contributed by atoms with Crippen molar-refractivity contribution in [2.24, 2.45) is 5.92 Å². The Morgan fingerprint density at radius 2 is 2.17 bits per heavy atom. The molecule has 7 nitrogen and oxygen atoms in total. The van der Waals surface area contributed by atoms with Gasteiger partial charge in [0.2, 0.25) is 0 Å². The Balaban J connectivity index is 1.62. The molecule has 0 unspecified atom stereocenters. The number of carbonyl (C=O) groups excluding carboxylic acids is 1. The number of urea groups is 1. The average molecular weight is 338 g/mol. The van der Waals surface area contributed by atoms with Crippen LogP contribution in [0, 0.1) is 17.6 Å². The molecule has 1 saturated heterocycles. The van der Waals surface area contributed by atoms with E-state index in [0.717, 1.165) is 18.6 Å². The molecule has 2 aromatic rings. The van der Waals surface area contributed by atoms with E-state index in [2.05, 4.69) is 15.5 Å². The topological polar surface area (TPSA) is 91.5 Å². The minimum Gasteiger partial charge on any atom is -0.396 e. The second-order valence-electron chi connectivity index (χ2n) is 5.55. The fourth-order valence-corrected chi connectivity index (χ4v) is 2.56. The second-order valence-corrected chi connectivity index (χ2v) is 5.55. The van der Waals surface area contributed by atoms with E-state index in [0.29, 0.717) is 13.1 Å². The van der Waals surface area contributed by atoms with Crippen molar-refractivity contribution >= 4 is 6.03 Å². The van der Waals surface area contributed by atoms with Gasteiger partial charge in [0.15, 0.2) is 5.82 Å². The molecule has 3 rings (SSSR count). The van der Waals surface area contributed by atoms with Crippen molar-refractivity contribution in [3.8, 4) is 11.5 Å². The second kappa shape index (κ2) is 6.91. The molecule has 128 valence electrons. The third kappa shape index (κ3) is 3.35. The Bertz CT molecular complexity index is 717. The number of likely N-dealkylation sites (tertiary alicyclic amines) is 1. The SMILES string of the molecule is O=C(NCc1noc(-c2c(F)cccc2F)n1)N1CC[C@@H](CO)C1. The van der Waals surface area contributed by atoms with Gasteiger partial charge in [-0.3, -0.25) is 0 Å². The molecule has 1 fully saturated rings. The van der Waals surface area contributed by atoms with Gasteiger partial charge < -0.3 is 19.8 Å². The Hall–Kier alpha value is -2.55. The number of aliphatic hydroxyl groups is 1. The Morgan fingerprint density at radius 1 is 1.42 bits per heavy atom. The lowest BCUT2D eigenvalue weighted by Gasteiger charge is -2.16. The van der Waals surface area contributed by atoms with E-state index in [1.165, 1.54) is 6.07 Å². The number of rotatable bonds is 4. The van der Waals surface area contributed by atoms with Crippen LogP contribution in [0.4, 0.5) is 13.6 Å². The first-order chi connectivity index (χ1) is 11.6. The van der Waals surface area contributed by atoms with E-state index in [1.807, 2.05) is 0 Å². The van der Waals surface area contributed by atoms with Gasteiger partial charge in [0.05, 0.1) is 6.54 Å². The molecular weight excluding hydrogens is 322 g/mol. The van der Waals surface area contributed by atoms with Crippen molar-refractivity contribution in [3.05, 3.63) is 35.7 Å². The highest BCUT2D eigenvalue weighted by atomic mass is 19.1. The van der Waals surface area contributed by atoms with Crippen LogP contribution in [0.15, 0.2) is 22.7 Å². The molecule has 1 atom stereocenters. The monoisotopic (exact) mass is 338 g/mol. The first kappa shape index (κ1) is 16.3. The summed E-state index contributed by atoms with van der Waals surface area (Å²) in [6.45, 7) is 1.07. The van der Waals surface area contributed by atoms with Gasteiger partial charge >= 0.3 is 6.03 Å². The molecule has 9 heteroatoms. The van der Waals surface area contributed by atoms with Gasteiger partial charge in [-0.2, -0.15) is 4.98 Å². The van der Waals surface area contributed by atoms with Gasteiger partial charge in [0.25, 0.3) is 5.89 Å². The standard InChI is InChI=1S/C15H16F2N4O3/c16-10-2-1-3-11(17)13(10)14-19-12(20-24-14)6-18-15(23)21-5-4-9(7-21)8-22/h1-3,9,22H,4-8H2,(H,18,23)/t9-/m1/s1. The minimum atomic E-state index is -0.804. The number of aliphatic hydroxyl groups excluding tert-OH is 1. The van der Waals surface area contributed by atoms with Crippen LogP contribution in [0.3, 0.4) is 0 Å². The smallest absolute Gasteiger partial charge is 0.317 e. The van der Waals surface area contributed by atoms with Crippen LogP contribution in [-0.2, 0) is 6.54 Å². The van der Waals surface area contributed by atoms with E-state index in [9.17, 15) is 13.6 Å². The van der Waals surface area contributed by atoms with Crippen molar-refractivity contribution in [1.29, 1.82) is 0 Å². The number of nitrogens with zero attached hydrogens (tertiary/aromatic N) is 3. The molecule has 2 N–H and O–H groups in total. The maximum Gasteiger partial charge on any atom is 0.317 e. The first-order valence-corrected chi connectivity index (χ1v) is 7.49. The molecule has 0 radical (unpaired) electrons. The lowest BCUT2D eigenvalue weighted by Crippen LogP contribution is -2.38. The summed E-state index contributed by atoms with van der Waals surface area (Å²) in [5.74, 6) is -1.69. The molecule has 2 amide bonds. The van der Waals surface area contributed by atoms with Crippen LogP contribution in [-0.4, -0.2) is 45.9 Å². The highest BCUT2D eigenvalue weighted by molar-refractivity contribution is 5.74. The lowest BCUT2D eigenvalue weighted by atomic mass is 10.1. The van der Waals surface area contributed by atoms with Crippen LogP contribution in [0.25, 0.3) is 11.5 Å². The highest BCUT2D eigenvalue weighted by Crippen LogP contribution is 2.24. The van der Waals surface area contributed by atoms with Gasteiger partial charge in [-0.05, 0) is 18.6 Å². The quantitative estimate of drug-likeness (QED) is 0.882. The normalized spacial score (nSPS) is 17.3. The maximum atomic E-state index is 13.7. The van der Waals surface area contributed by atoms with Gasteiger partial charge in [-0.15, -0.1) is 0 Å². The summed E-state index contributed by atoms with van der Waals surface area (Å²) in [5.41, 5.74) is -0.395. The summed E-state index contributed by atoms with van der Waals surface area (Å²) in [4.78, 5) is 17.5. The van der Waals surface area contributed by atoms with Gasteiger partial charge in [-0.1, -0.05) is 11.2 Å². The zero-order chi connectivity index (χ0) is 17.1. The predicted molar refractivity (Wildman–Crippen MR) is 78.7 cm³/mol. The lowest BCUT2D eigenvalue weighted by molar-refractivity contribution is 0.197. The first-order valence-electron chi connectivity index (χ1n) is 7.49. The number of carbonyl (C=O) groups is 1. The summed E-state index contributed by atoms with van der Waals surface area (Å²) < 4.78 is 32.2. The molecule has 1 aliphatic rings. The highest BCUT2D eigenvalue weighted by Gasteiger charge is 2.26. The zero-order valence-corrected chi connectivity index (χ0v) is 12.7. The molecule has 24 heavy (non-hydrogen) atoms. The fraction of sp³-hybridized carbons (Fsp3) is 0.400. The molecule has 1 aromatic heterocycles. The summed E-state index contributed by atoms with van der Waals surface area (Å²) in [6.07, 6.45) is 0.753. The number of benzene rings is 1. The van der Waals surface area contributed by atoms with Crippen LogP contribution in [0.2, 0.25) is 0 Å². The molecular formula is C15H16F2N4O3. The van der Waals surface area contributed by atoms with Crippen LogP contribution < -0.4 is 5.32 Å². The maximum absolute atomic E-state index is 13.7. The van der Waals surface area contributed by atoms with E-state index < -0.39 is 17.2 Å². The number of aromatic nitrogens is 2. The Labute approximate surface area is 136 Å². The number of halogens is 2. The summed E-state index contributed by atoms with van der Waals surface area (Å²) >= 11 is 0. The Morgan fingerprint density at radius 3 is 2.83 bits per heavy atom.